The molecule has 23 heavy (non-hydrogen) atoms. The Balaban J connectivity index is 1.86. The molecule has 0 spiro atoms. The molecule has 0 amide bonds. The fourth-order valence-corrected chi connectivity index (χ4v) is 2.93. The minimum absolute atomic E-state index is 0.0242. The van der Waals surface area contributed by atoms with Crippen molar-refractivity contribution in [2.24, 2.45) is 0 Å². The van der Waals surface area contributed by atoms with Gasteiger partial charge in [-0.3, -0.25) is 0 Å². The van der Waals surface area contributed by atoms with Gasteiger partial charge in [0, 0.05) is 5.02 Å². The second-order valence-corrected chi connectivity index (χ2v) is 6.31. The van der Waals surface area contributed by atoms with Gasteiger partial charge in [-0.15, -0.1) is 5.10 Å². The van der Waals surface area contributed by atoms with Crippen molar-refractivity contribution in [2.45, 2.75) is 4.90 Å². The minimum Gasteiger partial charge on any atom is -0.379 e. The zero-order valence-electron chi connectivity index (χ0n) is 11.3. The lowest BCUT2D eigenvalue weighted by Crippen LogP contribution is -2.11. The molecule has 0 atom stereocenters. The van der Waals surface area contributed by atoms with Gasteiger partial charge in [-0.2, -0.15) is 8.42 Å². The monoisotopic (exact) mass is 354 g/mol. The Labute approximate surface area is 135 Å². The van der Waals surface area contributed by atoms with Gasteiger partial charge < -0.3 is 4.18 Å². The van der Waals surface area contributed by atoms with E-state index in [4.69, 9.17) is 15.8 Å². The van der Waals surface area contributed by atoms with Crippen molar-refractivity contribution in [2.75, 3.05) is 0 Å². The van der Waals surface area contributed by atoms with Gasteiger partial charge in [-0.1, -0.05) is 11.6 Å². The van der Waals surface area contributed by atoms with E-state index in [-0.39, 0.29) is 10.8 Å². The van der Waals surface area contributed by atoms with E-state index in [1.807, 2.05) is 0 Å². The van der Waals surface area contributed by atoms with Gasteiger partial charge >= 0.3 is 10.1 Å². The van der Waals surface area contributed by atoms with Crippen molar-refractivity contribution < 1.29 is 17.0 Å². The highest BCUT2D eigenvalue weighted by Crippen LogP contribution is 2.23. The molecule has 7 nitrogen and oxygen atoms in total. The van der Waals surface area contributed by atoms with Gasteiger partial charge in [-0.25, -0.2) is 9.07 Å². The summed E-state index contributed by atoms with van der Waals surface area (Å²) in [5, 5.41) is 10.8. The van der Waals surface area contributed by atoms with E-state index < -0.39 is 20.8 Å². The smallest absolute Gasteiger partial charge is 0.342 e. The molecule has 0 bridgehead atoms. The van der Waals surface area contributed by atoms with Crippen molar-refractivity contribution in [1.29, 1.82) is 0 Å². The molecule has 10 heteroatoms. The first-order valence-corrected chi connectivity index (χ1v) is 7.97. The molecule has 0 N–H and O–H groups in total. The number of hydrogen-bond donors (Lipinski definition) is 0. The Morgan fingerprint density at radius 1 is 1.13 bits per heavy atom. The first kappa shape index (κ1) is 15.4. The summed E-state index contributed by atoms with van der Waals surface area (Å²) in [6.45, 7) is 0. The maximum atomic E-state index is 13.7. The molecule has 0 aliphatic heterocycles. The summed E-state index contributed by atoms with van der Waals surface area (Å²) in [6.07, 6.45) is 1.38. The van der Waals surface area contributed by atoms with E-state index in [1.165, 1.54) is 29.2 Å². The van der Waals surface area contributed by atoms with E-state index in [2.05, 4.69) is 15.5 Å². The van der Waals surface area contributed by atoms with Crippen LogP contribution in [0.3, 0.4) is 0 Å². The van der Waals surface area contributed by atoms with Crippen LogP contribution in [0.25, 0.3) is 5.69 Å². The summed E-state index contributed by atoms with van der Waals surface area (Å²) in [5.41, 5.74) is 0.609. The topological polar surface area (TPSA) is 87.0 Å². The van der Waals surface area contributed by atoms with Gasteiger partial charge in [0.1, 0.15) is 22.8 Å². The van der Waals surface area contributed by atoms with Crippen LogP contribution in [-0.4, -0.2) is 28.6 Å². The third kappa shape index (κ3) is 3.30. The maximum Gasteiger partial charge on any atom is 0.342 e. The number of hydrogen-bond acceptors (Lipinski definition) is 6. The molecule has 0 fully saturated rings. The van der Waals surface area contributed by atoms with Gasteiger partial charge in [0.2, 0.25) is 0 Å². The lowest BCUT2D eigenvalue weighted by Gasteiger charge is -2.08. The largest absolute Gasteiger partial charge is 0.379 e. The summed E-state index contributed by atoms with van der Waals surface area (Å²) in [7, 11) is -4.31. The first-order chi connectivity index (χ1) is 11.0. The zero-order valence-corrected chi connectivity index (χ0v) is 12.9. The van der Waals surface area contributed by atoms with Crippen LogP contribution in [0.4, 0.5) is 4.39 Å². The first-order valence-electron chi connectivity index (χ1n) is 6.19. The number of benzene rings is 2. The molecule has 0 aliphatic carbocycles. The predicted octanol–water partition coefficient (Wildman–Crippen LogP) is 2.22. The normalized spacial score (nSPS) is 11.4. The molecule has 0 saturated carbocycles. The average Bonchev–Trinajstić information content (AvgIpc) is 3.01. The molecule has 3 aromatic rings. The van der Waals surface area contributed by atoms with Crippen LogP contribution in [0.2, 0.25) is 5.02 Å². The lowest BCUT2D eigenvalue weighted by atomic mass is 10.3. The molecule has 0 aliphatic rings. The molecule has 3 rings (SSSR count). The molecule has 0 unspecified atom stereocenters. The molecule has 1 heterocycles. The van der Waals surface area contributed by atoms with Crippen LogP contribution in [-0.2, 0) is 10.1 Å². The summed E-state index contributed by atoms with van der Waals surface area (Å²) in [4.78, 5) is -0.591. The number of aromatic nitrogens is 4. The molecule has 0 radical (unpaired) electrons. The lowest BCUT2D eigenvalue weighted by molar-refractivity contribution is 0.476. The highest BCUT2D eigenvalue weighted by molar-refractivity contribution is 7.87. The van der Waals surface area contributed by atoms with Crippen LogP contribution < -0.4 is 4.18 Å². The summed E-state index contributed by atoms with van der Waals surface area (Å²) in [5.74, 6) is -0.959. The molecule has 0 saturated heterocycles. The van der Waals surface area contributed by atoms with Crippen molar-refractivity contribution in [3.63, 3.8) is 0 Å². The van der Waals surface area contributed by atoms with Crippen LogP contribution >= 0.6 is 11.6 Å². The van der Waals surface area contributed by atoms with Crippen LogP contribution in [0.1, 0.15) is 0 Å². The van der Waals surface area contributed by atoms with Crippen molar-refractivity contribution in [3.8, 4) is 11.4 Å². The van der Waals surface area contributed by atoms with E-state index >= 15 is 0 Å². The average molecular weight is 355 g/mol. The van der Waals surface area contributed by atoms with Gasteiger partial charge in [0.15, 0.2) is 0 Å². The van der Waals surface area contributed by atoms with Crippen LogP contribution in [0.5, 0.6) is 5.75 Å². The number of tetrazole rings is 1. The van der Waals surface area contributed by atoms with E-state index in [1.54, 1.807) is 12.1 Å². The van der Waals surface area contributed by atoms with Crippen LogP contribution in [0, 0.1) is 5.82 Å². The fraction of sp³-hybridized carbons (Fsp3) is 0. The molecule has 118 valence electrons. The summed E-state index contributed by atoms with van der Waals surface area (Å²) >= 11 is 5.60. The second-order valence-electron chi connectivity index (χ2n) is 4.36. The summed E-state index contributed by atoms with van der Waals surface area (Å²) < 4.78 is 44.2. The fourth-order valence-electron chi connectivity index (χ4n) is 1.78. The number of rotatable bonds is 4. The Morgan fingerprint density at radius 3 is 2.48 bits per heavy atom. The van der Waals surface area contributed by atoms with Gasteiger partial charge in [0.25, 0.3) is 0 Å². The maximum absolute atomic E-state index is 13.7. The molecule has 2 aromatic carbocycles. The van der Waals surface area contributed by atoms with Crippen molar-refractivity contribution >= 4 is 21.7 Å². The van der Waals surface area contributed by atoms with E-state index in [9.17, 15) is 12.8 Å². The highest BCUT2D eigenvalue weighted by atomic mass is 35.5. The minimum atomic E-state index is -4.31. The molecule has 1 aromatic heterocycles. The summed E-state index contributed by atoms with van der Waals surface area (Å²) in [6, 6.07) is 9.13. The zero-order chi connectivity index (χ0) is 16.4. The van der Waals surface area contributed by atoms with Gasteiger partial charge in [-0.05, 0) is 52.9 Å². The number of halogens is 2. The van der Waals surface area contributed by atoms with Crippen molar-refractivity contribution in [1.82, 2.24) is 20.2 Å². The Bertz CT molecular complexity index is 930. The number of nitrogens with zero attached hydrogens (tertiary/aromatic N) is 4. The predicted molar refractivity (Wildman–Crippen MR) is 78.4 cm³/mol. The van der Waals surface area contributed by atoms with Crippen molar-refractivity contribution in [3.05, 3.63) is 59.6 Å². The Morgan fingerprint density at radius 2 is 1.87 bits per heavy atom. The Kier molecular flexibility index (Phi) is 3.97. The second kappa shape index (κ2) is 5.94. The van der Waals surface area contributed by atoms with E-state index in [0.717, 1.165) is 12.1 Å². The van der Waals surface area contributed by atoms with Crippen LogP contribution in [0.15, 0.2) is 53.7 Å². The Hall–Kier alpha value is -2.52. The SMILES string of the molecule is O=S(=O)(Oc1ccc(-n2cnnn2)cc1)c1ccc(Cl)cc1F. The van der Waals surface area contributed by atoms with Gasteiger partial charge in [0.05, 0.1) is 5.69 Å². The molecular formula is C13H8ClFN4O3S. The third-order valence-electron chi connectivity index (χ3n) is 2.82. The molecular weight excluding hydrogens is 347 g/mol. The third-order valence-corrected chi connectivity index (χ3v) is 4.34. The quantitative estimate of drug-likeness (QED) is 0.668. The standard InChI is InChI=1S/C13H8ClFN4O3S/c14-9-1-6-13(12(15)7-9)23(20,21)22-11-4-2-10(3-5-11)19-8-16-17-18-19/h1-8H. The highest BCUT2D eigenvalue weighted by Gasteiger charge is 2.21. The van der Waals surface area contributed by atoms with E-state index in [0.29, 0.717) is 5.69 Å².